The Kier molecular flexibility index (Phi) is 4.42. The first kappa shape index (κ1) is 14.6. The lowest BCUT2D eigenvalue weighted by molar-refractivity contribution is -0.123. The van der Waals surface area contributed by atoms with Gasteiger partial charge in [-0.1, -0.05) is 36.4 Å². The number of hydrogen-bond donors (Lipinski definition) is 1. The van der Waals surface area contributed by atoms with Crippen LogP contribution >= 0.6 is 0 Å². The molecule has 1 aliphatic carbocycles. The van der Waals surface area contributed by atoms with Gasteiger partial charge in [-0.3, -0.25) is 4.79 Å². The van der Waals surface area contributed by atoms with Crippen molar-refractivity contribution in [2.24, 2.45) is 0 Å². The number of fused-ring (bicyclic) bond motifs is 1. The Balaban J connectivity index is 1.52. The van der Waals surface area contributed by atoms with E-state index in [1.165, 1.54) is 17.5 Å². The van der Waals surface area contributed by atoms with Crippen molar-refractivity contribution in [1.82, 2.24) is 5.32 Å². The van der Waals surface area contributed by atoms with Crippen molar-refractivity contribution in [3.63, 3.8) is 0 Å². The van der Waals surface area contributed by atoms with Crippen LogP contribution in [0.4, 0.5) is 0 Å². The van der Waals surface area contributed by atoms with E-state index in [2.05, 4.69) is 17.4 Å². The average molecular weight is 295 g/mol. The molecule has 3 rings (SSSR count). The Morgan fingerprint density at radius 2 is 1.91 bits per heavy atom. The highest BCUT2D eigenvalue weighted by Crippen LogP contribution is 2.25. The maximum atomic E-state index is 12.0. The van der Waals surface area contributed by atoms with Crippen molar-refractivity contribution >= 4 is 5.91 Å². The van der Waals surface area contributed by atoms with Gasteiger partial charge in [0, 0.05) is 0 Å². The zero-order chi connectivity index (χ0) is 15.4. The Bertz CT molecular complexity index is 652. The van der Waals surface area contributed by atoms with Crippen LogP contribution in [0.3, 0.4) is 0 Å². The molecule has 0 saturated heterocycles. The van der Waals surface area contributed by atoms with Crippen molar-refractivity contribution in [1.29, 1.82) is 0 Å². The number of hydrogen-bond acceptors (Lipinski definition) is 2. The van der Waals surface area contributed by atoms with Gasteiger partial charge in [0.1, 0.15) is 5.75 Å². The van der Waals surface area contributed by atoms with Crippen LogP contribution in [0.25, 0.3) is 0 Å². The minimum atomic E-state index is -0.100. The van der Waals surface area contributed by atoms with Gasteiger partial charge in [-0.05, 0) is 55.0 Å². The molecule has 114 valence electrons. The van der Waals surface area contributed by atoms with Crippen molar-refractivity contribution in [3.8, 4) is 5.75 Å². The molecule has 22 heavy (non-hydrogen) atoms. The molecule has 1 unspecified atom stereocenters. The molecule has 0 bridgehead atoms. The van der Waals surface area contributed by atoms with Crippen molar-refractivity contribution < 1.29 is 9.53 Å². The first-order valence-corrected chi connectivity index (χ1v) is 7.81. The molecular weight excluding hydrogens is 274 g/mol. The highest BCUT2D eigenvalue weighted by molar-refractivity contribution is 5.78. The predicted molar refractivity (Wildman–Crippen MR) is 87.0 cm³/mol. The summed E-state index contributed by atoms with van der Waals surface area (Å²) < 4.78 is 5.62. The van der Waals surface area contributed by atoms with Crippen LogP contribution in [-0.4, -0.2) is 12.5 Å². The van der Waals surface area contributed by atoms with Gasteiger partial charge in [-0.25, -0.2) is 0 Å². The van der Waals surface area contributed by atoms with E-state index in [1.54, 1.807) is 0 Å². The monoisotopic (exact) mass is 295 g/mol. The molecule has 0 aromatic heterocycles. The van der Waals surface area contributed by atoms with Crippen LogP contribution in [0.2, 0.25) is 0 Å². The van der Waals surface area contributed by atoms with Crippen molar-refractivity contribution in [2.45, 2.75) is 32.2 Å². The number of nitrogens with one attached hydrogen (secondary N) is 1. The summed E-state index contributed by atoms with van der Waals surface area (Å²) in [5, 5.41) is 2.95. The Morgan fingerprint density at radius 3 is 2.73 bits per heavy atom. The van der Waals surface area contributed by atoms with E-state index in [0.29, 0.717) is 0 Å². The maximum Gasteiger partial charge on any atom is 0.258 e. The van der Waals surface area contributed by atoms with Crippen molar-refractivity contribution in [3.05, 3.63) is 65.2 Å². The number of rotatable bonds is 5. The fourth-order valence-corrected chi connectivity index (χ4v) is 2.90. The lowest BCUT2D eigenvalue weighted by Crippen LogP contribution is -2.31. The third-order valence-electron chi connectivity index (χ3n) is 4.12. The molecular formula is C19H21NO2. The molecule has 0 radical (unpaired) electrons. The van der Waals surface area contributed by atoms with Crippen molar-refractivity contribution in [2.75, 3.05) is 6.61 Å². The van der Waals surface area contributed by atoms with Crippen LogP contribution in [-0.2, 0) is 17.6 Å². The van der Waals surface area contributed by atoms with Gasteiger partial charge in [0.05, 0.1) is 6.04 Å². The second-order valence-corrected chi connectivity index (χ2v) is 5.77. The van der Waals surface area contributed by atoms with E-state index in [9.17, 15) is 4.79 Å². The minimum absolute atomic E-state index is 0.0164. The molecule has 1 atom stereocenters. The molecule has 3 nitrogen and oxygen atoms in total. The maximum absolute atomic E-state index is 12.0. The average Bonchev–Trinajstić information content (AvgIpc) is 3.01. The summed E-state index contributed by atoms with van der Waals surface area (Å²) in [6, 6.07) is 16.0. The van der Waals surface area contributed by atoms with E-state index >= 15 is 0 Å². The van der Waals surface area contributed by atoms with Gasteiger partial charge < -0.3 is 10.1 Å². The molecule has 3 heteroatoms. The van der Waals surface area contributed by atoms with E-state index in [4.69, 9.17) is 4.74 Å². The summed E-state index contributed by atoms with van der Waals surface area (Å²) in [5.41, 5.74) is 3.86. The summed E-state index contributed by atoms with van der Waals surface area (Å²) in [7, 11) is 0. The van der Waals surface area contributed by atoms with Gasteiger partial charge >= 0.3 is 0 Å². The zero-order valence-electron chi connectivity index (χ0n) is 12.8. The van der Waals surface area contributed by atoms with Gasteiger partial charge in [0.15, 0.2) is 6.61 Å². The normalized spacial score (nSPS) is 14.2. The number of carbonyl (C=O) groups excluding carboxylic acids is 1. The van der Waals surface area contributed by atoms with Crippen LogP contribution in [0, 0.1) is 0 Å². The minimum Gasteiger partial charge on any atom is -0.484 e. The van der Waals surface area contributed by atoms with Crippen LogP contribution < -0.4 is 10.1 Å². The summed E-state index contributed by atoms with van der Waals surface area (Å²) >= 11 is 0. The Hall–Kier alpha value is -2.29. The number of benzene rings is 2. The molecule has 1 N–H and O–H groups in total. The fourth-order valence-electron chi connectivity index (χ4n) is 2.90. The van der Waals surface area contributed by atoms with E-state index in [1.807, 2.05) is 43.3 Å². The Labute approximate surface area is 131 Å². The molecule has 1 aliphatic rings. The topological polar surface area (TPSA) is 38.3 Å². The van der Waals surface area contributed by atoms with Crippen LogP contribution in [0.5, 0.6) is 5.75 Å². The molecule has 0 saturated carbocycles. The standard InChI is InChI=1S/C19H21NO2/c1-14(15-6-3-2-4-7-15)20-19(21)13-22-18-11-10-16-8-5-9-17(16)12-18/h2-4,6-7,10-12,14H,5,8-9,13H2,1H3,(H,20,21). The predicted octanol–water partition coefficient (Wildman–Crippen LogP) is 3.43. The fraction of sp³-hybridized carbons (Fsp3) is 0.316. The molecule has 0 aliphatic heterocycles. The largest absolute Gasteiger partial charge is 0.484 e. The summed E-state index contributed by atoms with van der Waals surface area (Å²) in [4.78, 5) is 12.0. The second-order valence-electron chi connectivity index (χ2n) is 5.77. The SMILES string of the molecule is CC(NC(=O)COc1ccc2c(c1)CCC2)c1ccccc1. The molecule has 0 fully saturated rings. The van der Waals surface area contributed by atoms with E-state index in [0.717, 1.165) is 24.2 Å². The molecule has 0 spiro atoms. The van der Waals surface area contributed by atoms with Gasteiger partial charge in [0.25, 0.3) is 5.91 Å². The lowest BCUT2D eigenvalue weighted by atomic mass is 10.1. The number of aryl methyl sites for hydroxylation is 2. The molecule has 2 aromatic carbocycles. The quantitative estimate of drug-likeness (QED) is 0.917. The third-order valence-corrected chi connectivity index (χ3v) is 4.12. The first-order chi connectivity index (χ1) is 10.7. The molecule has 2 aromatic rings. The number of ether oxygens (including phenoxy) is 1. The summed E-state index contributed by atoms with van der Waals surface area (Å²) in [6.45, 7) is 2.03. The number of carbonyl (C=O) groups is 1. The lowest BCUT2D eigenvalue weighted by Gasteiger charge is -2.15. The Morgan fingerprint density at radius 1 is 1.14 bits per heavy atom. The highest BCUT2D eigenvalue weighted by atomic mass is 16.5. The summed E-state index contributed by atoms with van der Waals surface area (Å²) in [5.74, 6) is 0.681. The summed E-state index contributed by atoms with van der Waals surface area (Å²) in [6.07, 6.45) is 3.49. The first-order valence-electron chi connectivity index (χ1n) is 7.81. The van der Waals surface area contributed by atoms with E-state index < -0.39 is 0 Å². The third kappa shape index (κ3) is 3.48. The molecule has 0 heterocycles. The second kappa shape index (κ2) is 6.65. The highest BCUT2D eigenvalue weighted by Gasteiger charge is 2.13. The molecule has 1 amide bonds. The van der Waals surface area contributed by atoms with E-state index in [-0.39, 0.29) is 18.6 Å². The van der Waals surface area contributed by atoms with Gasteiger partial charge in [-0.2, -0.15) is 0 Å². The van der Waals surface area contributed by atoms with Gasteiger partial charge in [0.2, 0.25) is 0 Å². The van der Waals surface area contributed by atoms with Crippen LogP contribution in [0.1, 0.15) is 36.1 Å². The smallest absolute Gasteiger partial charge is 0.258 e. The zero-order valence-corrected chi connectivity index (χ0v) is 12.8. The van der Waals surface area contributed by atoms with Crippen LogP contribution in [0.15, 0.2) is 48.5 Å². The van der Waals surface area contributed by atoms with Gasteiger partial charge in [-0.15, -0.1) is 0 Å². The number of amides is 1.